The maximum Gasteiger partial charge on any atom is 0.194 e. The first-order valence-corrected chi connectivity index (χ1v) is 15.8. The average Bonchev–Trinajstić information content (AvgIpc) is 3.11. The van der Waals surface area contributed by atoms with Crippen molar-refractivity contribution in [1.29, 1.82) is 0 Å². The molecule has 226 valence electrons. The zero-order valence-electron chi connectivity index (χ0n) is 25.6. The van der Waals surface area contributed by atoms with Crippen molar-refractivity contribution < 1.29 is 4.79 Å². The lowest BCUT2D eigenvalue weighted by Crippen LogP contribution is -2.16. The number of carbonyl (C=O) groups is 1. The fourth-order valence-electron chi connectivity index (χ4n) is 6.23. The van der Waals surface area contributed by atoms with Gasteiger partial charge in [0.1, 0.15) is 0 Å². The summed E-state index contributed by atoms with van der Waals surface area (Å²) in [5.74, 6) is 0.0805. The van der Waals surface area contributed by atoms with Crippen LogP contribution in [0, 0.1) is 0 Å². The van der Waals surface area contributed by atoms with Gasteiger partial charge in [-0.05, 0) is 131 Å². The van der Waals surface area contributed by atoms with Gasteiger partial charge >= 0.3 is 0 Å². The number of anilines is 8. The minimum absolute atomic E-state index is 0.0805. The van der Waals surface area contributed by atoms with E-state index in [4.69, 9.17) is 0 Å². The fraction of sp³-hybridized carbons (Fsp3) is 0.0238. The Bertz CT molecular complexity index is 2210. The van der Waals surface area contributed by atoms with Crippen molar-refractivity contribution in [1.82, 2.24) is 0 Å². The number of hydrogen-bond acceptors (Lipinski definition) is 5. The summed E-state index contributed by atoms with van der Waals surface area (Å²) in [6.07, 6.45) is 0.713. The Kier molecular flexibility index (Phi) is 7.32. The normalized spacial score (nSPS) is 11.8. The third-order valence-corrected chi connectivity index (χ3v) is 8.54. The Morgan fingerprint density at radius 1 is 0.383 bits per heavy atom. The van der Waals surface area contributed by atoms with Crippen LogP contribution in [0.4, 0.5) is 45.5 Å². The Hall–Kier alpha value is -6.33. The number of hydrogen-bond donors (Lipinski definition) is 4. The quantitative estimate of drug-likeness (QED) is 0.138. The van der Waals surface area contributed by atoms with Gasteiger partial charge in [0.05, 0.1) is 0 Å². The molecule has 0 bridgehead atoms. The van der Waals surface area contributed by atoms with Gasteiger partial charge in [-0.25, -0.2) is 0 Å². The minimum atomic E-state index is 0.0805. The Labute approximate surface area is 273 Å². The molecule has 0 radical (unpaired) electrons. The molecule has 0 saturated heterocycles. The molecule has 0 aromatic heterocycles. The van der Waals surface area contributed by atoms with Crippen LogP contribution in [0.25, 0.3) is 10.8 Å². The lowest BCUT2D eigenvalue weighted by molar-refractivity contribution is 0.103. The molecular weight excluding hydrogens is 576 g/mol. The maximum absolute atomic E-state index is 13.9. The van der Waals surface area contributed by atoms with Gasteiger partial charge in [0.15, 0.2) is 5.78 Å². The van der Waals surface area contributed by atoms with Crippen LogP contribution >= 0.6 is 0 Å². The summed E-state index contributed by atoms with van der Waals surface area (Å²) in [6, 6.07) is 53.2. The van der Waals surface area contributed by atoms with Crippen molar-refractivity contribution in [3.8, 4) is 0 Å². The van der Waals surface area contributed by atoms with Crippen LogP contribution in [0.15, 0.2) is 158 Å². The van der Waals surface area contributed by atoms with E-state index in [1.165, 1.54) is 0 Å². The molecule has 5 heteroatoms. The molecule has 5 nitrogen and oxygen atoms in total. The number of carbonyl (C=O) groups excluding carboxylic acids is 1. The smallest absolute Gasteiger partial charge is 0.194 e. The van der Waals surface area contributed by atoms with Gasteiger partial charge in [-0.1, -0.05) is 54.6 Å². The molecule has 47 heavy (non-hydrogen) atoms. The van der Waals surface area contributed by atoms with Crippen molar-refractivity contribution in [2.24, 2.45) is 0 Å². The largest absolute Gasteiger partial charge is 0.356 e. The molecule has 0 fully saturated rings. The van der Waals surface area contributed by atoms with Gasteiger partial charge in [-0.15, -0.1) is 0 Å². The molecule has 8 rings (SSSR count). The highest BCUT2D eigenvalue weighted by Crippen LogP contribution is 2.36. The van der Waals surface area contributed by atoms with Gasteiger partial charge in [-0.2, -0.15) is 0 Å². The van der Waals surface area contributed by atoms with Crippen molar-refractivity contribution in [3.63, 3.8) is 0 Å². The highest BCUT2D eigenvalue weighted by Gasteiger charge is 2.25. The molecule has 0 unspecified atom stereocenters. The van der Waals surface area contributed by atoms with E-state index in [0.29, 0.717) is 6.42 Å². The Morgan fingerprint density at radius 3 is 1.38 bits per heavy atom. The second-order valence-corrected chi connectivity index (χ2v) is 11.8. The summed E-state index contributed by atoms with van der Waals surface area (Å²) in [4.78, 5) is 13.9. The van der Waals surface area contributed by atoms with E-state index < -0.39 is 0 Å². The van der Waals surface area contributed by atoms with Gasteiger partial charge in [0.2, 0.25) is 0 Å². The highest BCUT2D eigenvalue weighted by molar-refractivity contribution is 6.19. The Morgan fingerprint density at radius 2 is 0.830 bits per heavy atom. The third kappa shape index (κ3) is 6.02. The fourth-order valence-corrected chi connectivity index (χ4v) is 6.23. The highest BCUT2D eigenvalue weighted by atomic mass is 16.1. The van der Waals surface area contributed by atoms with Gasteiger partial charge < -0.3 is 21.3 Å². The first-order chi connectivity index (χ1) is 23.1. The van der Waals surface area contributed by atoms with Gasteiger partial charge in [-0.3, -0.25) is 4.79 Å². The Balaban J connectivity index is 0.968. The van der Waals surface area contributed by atoms with Crippen LogP contribution in [-0.2, 0) is 6.42 Å². The summed E-state index contributed by atoms with van der Waals surface area (Å²) in [5, 5.41) is 15.9. The molecule has 0 saturated carbocycles. The van der Waals surface area contributed by atoms with Gasteiger partial charge in [0.25, 0.3) is 0 Å². The number of nitrogens with one attached hydrogen (secondary N) is 4. The van der Waals surface area contributed by atoms with E-state index in [0.717, 1.165) is 78.5 Å². The van der Waals surface area contributed by atoms with Crippen molar-refractivity contribution in [2.45, 2.75) is 6.42 Å². The number of rotatable bonds is 8. The SMILES string of the molecule is O=C1c2ccc(Nc3ccc(Nc4ccccc4)cc3)cc2Cc2ccc3cc(Nc4ccc(Nc5ccccc5)cc4)ccc3c21. The van der Waals surface area contributed by atoms with Crippen LogP contribution < -0.4 is 21.3 Å². The molecule has 0 heterocycles. The molecule has 0 amide bonds. The van der Waals surface area contributed by atoms with Crippen LogP contribution in [0.1, 0.15) is 27.0 Å². The lowest BCUT2D eigenvalue weighted by atomic mass is 9.82. The van der Waals surface area contributed by atoms with E-state index in [1.807, 2.05) is 72.8 Å². The predicted octanol–water partition coefficient (Wildman–Crippen LogP) is 10.9. The molecule has 4 N–H and O–H groups in total. The maximum atomic E-state index is 13.9. The zero-order valence-corrected chi connectivity index (χ0v) is 25.6. The molecular formula is C42H32N4O. The van der Waals surface area contributed by atoms with Crippen LogP contribution in [0.5, 0.6) is 0 Å². The van der Waals surface area contributed by atoms with Crippen LogP contribution in [0.2, 0.25) is 0 Å². The first-order valence-electron chi connectivity index (χ1n) is 15.8. The summed E-state index contributed by atoms with van der Waals surface area (Å²) in [7, 11) is 0. The monoisotopic (exact) mass is 608 g/mol. The molecule has 0 atom stereocenters. The van der Waals surface area contributed by atoms with Gasteiger partial charge in [0, 0.05) is 56.6 Å². The number of benzene rings is 7. The molecule has 1 aliphatic carbocycles. The summed E-state index contributed by atoms with van der Waals surface area (Å²) < 4.78 is 0. The minimum Gasteiger partial charge on any atom is -0.356 e. The van der Waals surface area contributed by atoms with Crippen molar-refractivity contribution >= 4 is 62.1 Å². The van der Waals surface area contributed by atoms with E-state index in [2.05, 4.69) is 106 Å². The number of para-hydroxylation sites is 2. The van der Waals surface area contributed by atoms with Crippen LogP contribution in [0.3, 0.4) is 0 Å². The molecule has 0 aliphatic heterocycles. The molecule has 0 spiro atoms. The second-order valence-electron chi connectivity index (χ2n) is 11.8. The topological polar surface area (TPSA) is 65.2 Å². The summed E-state index contributed by atoms with van der Waals surface area (Å²) in [6.45, 7) is 0. The predicted molar refractivity (Wildman–Crippen MR) is 196 cm³/mol. The summed E-state index contributed by atoms with van der Waals surface area (Å²) in [5.41, 5.74) is 11.8. The zero-order chi connectivity index (χ0) is 31.6. The third-order valence-electron chi connectivity index (χ3n) is 8.54. The van der Waals surface area contributed by atoms with E-state index in [1.54, 1.807) is 0 Å². The molecule has 7 aromatic carbocycles. The molecule has 7 aromatic rings. The van der Waals surface area contributed by atoms with E-state index in [9.17, 15) is 4.79 Å². The van der Waals surface area contributed by atoms with Crippen molar-refractivity contribution in [2.75, 3.05) is 21.3 Å². The molecule has 1 aliphatic rings. The first kappa shape index (κ1) is 28.2. The van der Waals surface area contributed by atoms with Crippen LogP contribution in [-0.4, -0.2) is 5.78 Å². The summed E-state index contributed by atoms with van der Waals surface area (Å²) >= 11 is 0. The van der Waals surface area contributed by atoms with E-state index >= 15 is 0 Å². The van der Waals surface area contributed by atoms with E-state index in [-0.39, 0.29) is 5.78 Å². The van der Waals surface area contributed by atoms with Crippen molar-refractivity contribution in [3.05, 3.63) is 180 Å². The second kappa shape index (κ2) is 12.2. The lowest BCUT2D eigenvalue weighted by Gasteiger charge is -2.22. The number of fused-ring (bicyclic) bond motifs is 4. The standard InChI is InChI=1S/C42H32N4O/c47-42-40-24-22-38(46-36-19-15-34(16-20-36)44-32-9-5-2-6-10-32)27-30(40)25-29-12-11-28-26-37(21-23-39(28)41(29)42)45-35-17-13-33(14-18-35)43-31-7-3-1-4-8-31/h1-24,26-27,43-46H,25H2. The number of ketones is 1. The average molecular weight is 609 g/mol.